The minimum atomic E-state index is -0.517. The van der Waals surface area contributed by atoms with Crippen molar-refractivity contribution in [2.75, 3.05) is 12.4 Å². The average Bonchev–Trinajstić information content (AvgIpc) is 3.40. The molecular weight excluding hydrogens is 472 g/mol. The molecule has 0 aliphatic rings. The van der Waals surface area contributed by atoms with Crippen LogP contribution in [0.15, 0.2) is 70.5 Å². The fourth-order valence-corrected chi connectivity index (χ4v) is 4.58. The first-order valence-electron chi connectivity index (χ1n) is 8.56. The van der Waals surface area contributed by atoms with Crippen LogP contribution in [0.1, 0.15) is 0 Å². The van der Waals surface area contributed by atoms with Gasteiger partial charge in [-0.3, -0.25) is 5.32 Å². The fraction of sp³-hybridized carbons (Fsp3) is 0.0476. The Labute approximate surface area is 184 Å². The number of rotatable bonds is 5. The Bertz CT molecular complexity index is 1110. The number of nitrogens with zero attached hydrogens (tertiary/aromatic N) is 1. The molecule has 1 amide bonds. The number of ether oxygens (including phenoxy) is 2. The Hall–Kier alpha value is -2.68. The van der Waals surface area contributed by atoms with Gasteiger partial charge in [-0.1, -0.05) is 33.3 Å². The van der Waals surface area contributed by atoms with Gasteiger partial charge < -0.3 is 9.47 Å². The highest BCUT2D eigenvalue weighted by atomic mass is 79.9. The molecule has 1 N–H and O–H groups in total. The Balaban J connectivity index is 1.59. The Kier molecular flexibility index (Phi) is 5.94. The van der Waals surface area contributed by atoms with Gasteiger partial charge in [-0.05, 0) is 60.0 Å². The highest BCUT2D eigenvalue weighted by Gasteiger charge is 2.17. The summed E-state index contributed by atoms with van der Waals surface area (Å²) in [6, 6.07) is 19.3. The van der Waals surface area contributed by atoms with E-state index in [0.717, 1.165) is 37.1 Å². The van der Waals surface area contributed by atoms with Crippen molar-refractivity contribution in [3.8, 4) is 32.6 Å². The van der Waals surface area contributed by atoms with Crippen LogP contribution in [-0.2, 0) is 4.74 Å². The minimum Gasteiger partial charge on any atom is -0.457 e. The van der Waals surface area contributed by atoms with E-state index in [1.54, 1.807) is 11.3 Å². The number of anilines is 1. The molecule has 5 nitrogen and oxygen atoms in total. The summed E-state index contributed by atoms with van der Waals surface area (Å²) in [7, 11) is 1.34. The van der Waals surface area contributed by atoms with E-state index >= 15 is 0 Å². The maximum Gasteiger partial charge on any atom is 0.412 e. The van der Waals surface area contributed by atoms with E-state index in [9.17, 15) is 4.79 Å². The van der Waals surface area contributed by atoms with Crippen molar-refractivity contribution in [3.63, 3.8) is 0 Å². The fourth-order valence-electron chi connectivity index (χ4n) is 2.56. The summed E-state index contributed by atoms with van der Waals surface area (Å²) >= 11 is 6.38. The van der Waals surface area contributed by atoms with Gasteiger partial charge in [0.1, 0.15) is 27.2 Å². The standard InChI is InChI=1S/C21H15BrN2O3S2/c1-26-21(25)24-20-18(17-3-2-12-28-17)23-19(29-20)13-4-8-15(9-5-13)27-16-10-6-14(22)7-11-16/h2-12H,1H3,(H,24,25). The molecule has 0 bridgehead atoms. The van der Waals surface area contributed by atoms with Crippen molar-refractivity contribution >= 4 is 49.7 Å². The Morgan fingerprint density at radius 3 is 2.34 bits per heavy atom. The summed E-state index contributed by atoms with van der Waals surface area (Å²) in [5, 5.41) is 6.19. The lowest BCUT2D eigenvalue weighted by Gasteiger charge is -2.06. The largest absolute Gasteiger partial charge is 0.457 e. The third-order valence-corrected chi connectivity index (χ3v) is 6.36. The number of amides is 1. The number of aromatic nitrogens is 1. The molecule has 0 aliphatic carbocycles. The maximum absolute atomic E-state index is 11.7. The topological polar surface area (TPSA) is 60.5 Å². The van der Waals surface area contributed by atoms with E-state index < -0.39 is 6.09 Å². The van der Waals surface area contributed by atoms with Crippen LogP contribution in [0.2, 0.25) is 0 Å². The molecule has 0 saturated carbocycles. The van der Waals surface area contributed by atoms with Crippen LogP contribution < -0.4 is 10.1 Å². The van der Waals surface area contributed by atoms with Gasteiger partial charge in [-0.2, -0.15) is 0 Å². The number of hydrogen-bond donors (Lipinski definition) is 1. The van der Waals surface area contributed by atoms with Crippen LogP contribution in [0, 0.1) is 0 Å². The van der Waals surface area contributed by atoms with E-state index in [2.05, 4.69) is 21.2 Å². The van der Waals surface area contributed by atoms with Crippen LogP contribution in [-0.4, -0.2) is 18.2 Å². The smallest absolute Gasteiger partial charge is 0.412 e. The van der Waals surface area contributed by atoms with Gasteiger partial charge in [0, 0.05) is 10.0 Å². The second-order valence-corrected chi connectivity index (χ2v) is 8.73. The second kappa shape index (κ2) is 8.77. The van der Waals surface area contributed by atoms with Crippen molar-refractivity contribution in [1.82, 2.24) is 4.98 Å². The number of thiophene rings is 1. The molecule has 2 aromatic carbocycles. The molecule has 146 valence electrons. The van der Waals surface area contributed by atoms with Gasteiger partial charge in [0.05, 0.1) is 12.0 Å². The average molecular weight is 487 g/mol. The van der Waals surface area contributed by atoms with E-state index in [1.807, 2.05) is 66.0 Å². The number of nitrogens with one attached hydrogen (secondary N) is 1. The van der Waals surface area contributed by atoms with E-state index in [4.69, 9.17) is 14.5 Å². The Morgan fingerprint density at radius 2 is 1.72 bits per heavy atom. The van der Waals surface area contributed by atoms with Gasteiger partial charge in [0.25, 0.3) is 0 Å². The summed E-state index contributed by atoms with van der Waals surface area (Å²) in [5.74, 6) is 1.50. The summed E-state index contributed by atoms with van der Waals surface area (Å²) < 4.78 is 11.6. The molecule has 0 fully saturated rings. The number of thiazole rings is 1. The predicted molar refractivity (Wildman–Crippen MR) is 121 cm³/mol. The third-order valence-electron chi connectivity index (χ3n) is 3.93. The number of carbonyl (C=O) groups is 1. The normalized spacial score (nSPS) is 10.6. The number of halogens is 1. The monoisotopic (exact) mass is 486 g/mol. The van der Waals surface area contributed by atoms with Gasteiger partial charge in [-0.15, -0.1) is 11.3 Å². The first kappa shape index (κ1) is 19.6. The second-order valence-electron chi connectivity index (χ2n) is 5.87. The first-order chi connectivity index (χ1) is 14.1. The lowest BCUT2D eigenvalue weighted by Crippen LogP contribution is -2.10. The molecule has 29 heavy (non-hydrogen) atoms. The molecule has 0 spiro atoms. The van der Waals surface area contributed by atoms with Crippen molar-refractivity contribution < 1.29 is 14.3 Å². The lowest BCUT2D eigenvalue weighted by molar-refractivity contribution is 0.187. The molecule has 4 rings (SSSR count). The molecular formula is C21H15BrN2O3S2. The number of hydrogen-bond acceptors (Lipinski definition) is 6. The summed E-state index contributed by atoms with van der Waals surface area (Å²) in [4.78, 5) is 17.4. The van der Waals surface area contributed by atoms with E-state index in [-0.39, 0.29) is 0 Å². The molecule has 2 aromatic heterocycles. The summed E-state index contributed by atoms with van der Waals surface area (Å²) in [6.07, 6.45) is -0.517. The van der Waals surface area contributed by atoms with Crippen molar-refractivity contribution in [2.24, 2.45) is 0 Å². The molecule has 8 heteroatoms. The van der Waals surface area contributed by atoms with Crippen LogP contribution in [0.4, 0.5) is 9.80 Å². The maximum atomic E-state index is 11.7. The molecule has 0 unspecified atom stereocenters. The number of methoxy groups -OCH3 is 1. The van der Waals surface area contributed by atoms with Crippen molar-refractivity contribution in [2.45, 2.75) is 0 Å². The molecule has 0 aliphatic heterocycles. The molecule has 0 saturated heterocycles. The lowest BCUT2D eigenvalue weighted by atomic mass is 10.2. The third kappa shape index (κ3) is 4.67. The molecule has 0 radical (unpaired) electrons. The van der Waals surface area contributed by atoms with Gasteiger partial charge in [-0.25, -0.2) is 9.78 Å². The zero-order chi connectivity index (χ0) is 20.2. The molecule has 2 heterocycles. The summed E-state index contributed by atoms with van der Waals surface area (Å²) in [5.41, 5.74) is 1.68. The Morgan fingerprint density at radius 1 is 1.03 bits per heavy atom. The van der Waals surface area contributed by atoms with Crippen LogP contribution in [0.3, 0.4) is 0 Å². The zero-order valence-corrected chi connectivity index (χ0v) is 18.4. The highest BCUT2D eigenvalue weighted by Crippen LogP contribution is 2.40. The first-order valence-corrected chi connectivity index (χ1v) is 11.0. The SMILES string of the molecule is COC(=O)Nc1sc(-c2ccc(Oc3ccc(Br)cc3)cc2)nc1-c1cccs1. The number of benzene rings is 2. The van der Waals surface area contributed by atoms with Crippen molar-refractivity contribution in [3.05, 3.63) is 70.5 Å². The van der Waals surface area contributed by atoms with Gasteiger partial charge in [0.15, 0.2) is 0 Å². The van der Waals surface area contributed by atoms with Gasteiger partial charge in [0.2, 0.25) is 0 Å². The van der Waals surface area contributed by atoms with E-state index in [1.165, 1.54) is 18.4 Å². The zero-order valence-electron chi connectivity index (χ0n) is 15.2. The molecule has 0 atom stereocenters. The van der Waals surface area contributed by atoms with Crippen LogP contribution in [0.5, 0.6) is 11.5 Å². The minimum absolute atomic E-state index is 0.517. The van der Waals surface area contributed by atoms with Crippen LogP contribution >= 0.6 is 38.6 Å². The molecule has 4 aromatic rings. The quantitative estimate of drug-likeness (QED) is 0.322. The van der Waals surface area contributed by atoms with Crippen LogP contribution in [0.25, 0.3) is 21.1 Å². The van der Waals surface area contributed by atoms with Gasteiger partial charge >= 0.3 is 6.09 Å². The highest BCUT2D eigenvalue weighted by molar-refractivity contribution is 9.10. The number of carbonyl (C=O) groups excluding carboxylic acids is 1. The predicted octanol–water partition coefficient (Wildman–Crippen LogP) is 7.27. The van der Waals surface area contributed by atoms with Crippen molar-refractivity contribution in [1.29, 1.82) is 0 Å². The van der Waals surface area contributed by atoms with E-state index in [0.29, 0.717) is 5.00 Å². The summed E-state index contributed by atoms with van der Waals surface area (Å²) in [6.45, 7) is 0.